The van der Waals surface area contributed by atoms with Gasteiger partial charge in [-0.3, -0.25) is 0 Å². The maximum atomic E-state index is 4.38. The summed E-state index contributed by atoms with van der Waals surface area (Å²) < 4.78 is 2.35. The van der Waals surface area contributed by atoms with E-state index in [0.717, 1.165) is 24.7 Å². The van der Waals surface area contributed by atoms with Gasteiger partial charge in [0.25, 0.3) is 0 Å². The molecule has 2 aliphatic heterocycles. The minimum atomic E-state index is 0.681. The van der Waals surface area contributed by atoms with Gasteiger partial charge < -0.3 is 9.88 Å². The third-order valence-corrected chi connectivity index (χ3v) is 4.85. The van der Waals surface area contributed by atoms with E-state index in [0.29, 0.717) is 5.25 Å². The number of fused-ring (bicyclic) bond motifs is 1. The highest BCUT2D eigenvalue weighted by Gasteiger charge is 2.20. The molecule has 1 aromatic rings. The van der Waals surface area contributed by atoms with E-state index >= 15 is 0 Å². The van der Waals surface area contributed by atoms with E-state index in [4.69, 9.17) is 0 Å². The summed E-state index contributed by atoms with van der Waals surface area (Å²) in [4.78, 5) is 0. The van der Waals surface area contributed by atoms with Crippen LogP contribution in [-0.4, -0.2) is 33.1 Å². The SMILES string of the molecule is C1CCc2nnc(SC3CCCNC3)n2CC1. The summed E-state index contributed by atoms with van der Waals surface area (Å²) in [5.74, 6) is 1.20. The second kappa shape index (κ2) is 5.40. The lowest BCUT2D eigenvalue weighted by atomic mass is 10.2. The number of hydrogen-bond donors (Lipinski definition) is 1. The highest BCUT2D eigenvalue weighted by molar-refractivity contribution is 7.99. The van der Waals surface area contributed by atoms with Gasteiger partial charge in [-0.05, 0) is 32.2 Å². The molecule has 0 aliphatic carbocycles. The molecule has 1 fully saturated rings. The molecule has 94 valence electrons. The molecule has 1 aromatic heterocycles. The normalized spacial score (nSPS) is 25.3. The number of nitrogens with zero attached hydrogens (tertiary/aromatic N) is 3. The van der Waals surface area contributed by atoms with Crippen LogP contribution in [0, 0.1) is 0 Å². The molecule has 1 atom stereocenters. The van der Waals surface area contributed by atoms with Gasteiger partial charge in [-0.1, -0.05) is 18.2 Å². The molecule has 1 unspecified atom stereocenters. The largest absolute Gasteiger partial charge is 0.316 e. The predicted octanol–water partition coefficient (Wildman–Crippen LogP) is 1.85. The molecule has 0 spiro atoms. The second-order valence-corrected chi connectivity index (χ2v) is 6.21. The number of hydrogen-bond acceptors (Lipinski definition) is 4. The van der Waals surface area contributed by atoms with Crippen molar-refractivity contribution < 1.29 is 0 Å². The number of aromatic nitrogens is 3. The van der Waals surface area contributed by atoms with Crippen LogP contribution in [0.25, 0.3) is 0 Å². The van der Waals surface area contributed by atoms with Crippen LogP contribution in [0.5, 0.6) is 0 Å². The minimum absolute atomic E-state index is 0.681. The van der Waals surface area contributed by atoms with Crippen molar-refractivity contribution in [3.8, 4) is 0 Å². The Hall–Kier alpha value is -0.550. The third-order valence-electron chi connectivity index (χ3n) is 3.60. The van der Waals surface area contributed by atoms with Crippen molar-refractivity contribution in [3.63, 3.8) is 0 Å². The van der Waals surface area contributed by atoms with Crippen molar-refractivity contribution in [1.29, 1.82) is 0 Å². The molecular weight excluding hydrogens is 232 g/mol. The van der Waals surface area contributed by atoms with Crippen LogP contribution >= 0.6 is 11.8 Å². The van der Waals surface area contributed by atoms with Crippen molar-refractivity contribution in [2.45, 2.75) is 55.5 Å². The first kappa shape index (κ1) is 11.5. The zero-order chi connectivity index (χ0) is 11.5. The molecule has 0 amide bonds. The van der Waals surface area contributed by atoms with Gasteiger partial charge >= 0.3 is 0 Å². The van der Waals surface area contributed by atoms with Crippen molar-refractivity contribution in [2.75, 3.05) is 13.1 Å². The highest BCUT2D eigenvalue weighted by atomic mass is 32.2. The third kappa shape index (κ3) is 2.65. The number of thioether (sulfide) groups is 1. The van der Waals surface area contributed by atoms with Gasteiger partial charge in [-0.25, -0.2) is 0 Å². The van der Waals surface area contributed by atoms with Crippen LogP contribution in [0.2, 0.25) is 0 Å². The Balaban J connectivity index is 1.71. The topological polar surface area (TPSA) is 42.7 Å². The van der Waals surface area contributed by atoms with E-state index in [2.05, 4.69) is 20.1 Å². The van der Waals surface area contributed by atoms with Crippen LogP contribution in [0.4, 0.5) is 0 Å². The average Bonchev–Trinajstić information content (AvgIpc) is 2.61. The molecule has 5 heteroatoms. The number of piperidine rings is 1. The lowest BCUT2D eigenvalue weighted by Gasteiger charge is -2.21. The Morgan fingerprint density at radius 3 is 3.06 bits per heavy atom. The Morgan fingerprint density at radius 2 is 2.18 bits per heavy atom. The molecule has 4 nitrogen and oxygen atoms in total. The molecule has 3 heterocycles. The molecule has 0 aromatic carbocycles. The molecule has 2 aliphatic rings. The van der Waals surface area contributed by atoms with Gasteiger partial charge in [0.15, 0.2) is 5.16 Å². The molecule has 3 rings (SSSR count). The van der Waals surface area contributed by atoms with E-state index in [1.54, 1.807) is 0 Å². The number of rotatable bonds is 2. The van der Waals surface area contributed by atoms with E-state index < -0.39 is 0 Å². The van der Waals surface area contributed by atoms with Gasteiger partial charge in [0.1, 0.15) is 5.82 Å². The van der Waals surface area contributed by atoms with Gasteiger partial charge in [0.05, 0.1) is 0 Å². The summed E-state index contributed by atoms with van der Waals surface area (Å²) in [5, 5.41) is 14.0. The fourth-order valence-electron chi connectivity index (χ4n) is 2.62. The Kier molecular flexibility index (Phi) is 3.66. The quantitative estimate of drug-likeness (QED) is 0.872. The minimum Gasteiger partial charge on any atom is -0.316 e. The van der Waals surface area contributed by atoms with E-state index in [1.165, 1.54) is 44.5 Å². The lowest BCUT2D eigenvalue weighted by Crippen LogP contribution is -2.31. The second-order valence-electron chi connectivity index (χ2n) is 4.95. The average molecular weight is 252 g/mol. The maximum absolute atomic E-state index is 4.38. The molecule has 0 radical (unpaired) electrons. The van der Waals surface area contributed by atoms with E-state index in [1.807, 2.05) is 11.8 Å². The Labute approximate surface area is 107 Å². The smallest absolute Gasteiger partial charge is 0.191 e. The fourth-order valence-corrected chi connectivity index (χ4v) is 3.81. The van der Waals surface area contributed by atoms with E-state index in [9.17, 15) is 0 Å². The lowest BCUT2D eigenvalue weighted by molar-refractivity contribution is 0.527. The predicted molar refractivity (Wildman–Crippen MR) is 69.3 cm³/mol. The van der Waals surface area contributed by atoms with Gasteiger partial charge in [0, 0.05) is 24.8 Å². The van der Waals surface area contributed by atoms with Gasteiger partial charge in [-0.15, -0.1) is 10.2 Å². The van der Waals surface area contributed by atoms with E-state index in [-0.39, 0.29) is 0 Å². The van der Waals surface area contributed by atoms with Crippen LogP contribution in [0.3, 0.4) is 0 Å². The zero-order valence-electron chi connectivity index (χ0n) is 10.2. The molecule has 1 N–H and O–H groups in total. The monoisotopic (exact) mass is 252 g/mol. The molecule has 17 heavy (non-hydrogen) atoms. The molecular formula is C12H20N4S. The Morgan fingerprint density at radius 1 is 1.18 bits per heavy atom. The van der Waals surface area contributed by atoms with Gasteiger partial charge in [0.2, 0.25) is 0 Å². The molecule has 1 saturated heterocycles. The number of nitrogens with one attached hydrogen (secondary N) is 1. The first-order valence-corrected chi connectivity index (χ1v) is 7.61. The van der Waals surface area contributed by atoms with Crippen molar-refractivity contribution >= 4 is 11.8 Å². The summed E-state index contributed by atoms with van der Waals surface area (Å²) in [7, 11) is 0. The summed E-state index contributed by atoms with van der Waals surface area (Å²) >= 11 is 1.92. The first-order chi connectivity index (χ1) is 8.43. The Bertz CT molecular complexity index is 371. The highest BCUT2D eigenvalue weighted by Crippen LogP contribution is 2.28. The molecule has 0 bridgehead atoms. The van der Waals surface area contributed by atoms with Crippen LogP contribution in [0.1, 0.15) is 37.9 Å². The summed E-state index contributed by atoms with van der Waals surface area (Å²) in [6.45, 7) is 3.41. The van der Waals surface area contributed by atoms with Crippen molar-refractivity contribution in [3.05, 3.63) is 5.82 Å². The summed E-state index contributed by atoms with van der Waals surface area (Å²) in [5.41, 5.74) is 0. The standard InChI is InChI=1S/C12H20N4S/c1-2-6-11-14-15-12(16(11)8-3-1)17-10-5-4-7-13-9-10/h10,13H,1-9H2. The summed E-state index contributed by atoms with van der Waals surface area (Å²) in [6.07, 6.45) is 7.59. The van der Waals surface area contributed by atoms with Crippen molar-refractivity contribution in [1.82, 2.24) is 20.1 Å². The number of aryl methyl sites for hydroxylation is 1. The van der Waals surface area contributed by atoms with Crippen molar-refractivity contribution in [2.24, 2.45) is 0 Å². The maximum Gasteiger partial charge on any atom is 0.191 e. The molecule has 0 saturated carbocycles. The van der Waals surface area contributed by atoms with Crippen LogP contribution in [0.15, 0.2) is 5.16 Å². The van der Waals surface area contributed by atoms with Gasteiger partial charge in [-0.2, -0.15) is 0 Å². The van der Waals surface area contributed by atoms with Crippen LogP contribution < -0.4 is 5.32 Å². The zero-order valence-corrected chi connectivity index (χ0v) is 11.0. The van der Waals surface area contributed by atoms with Crippen LogP contribution in [-0.2, 0) is 13.0 Å². The fraction of sp³-hybridized carbons (Fsp3) is 0.833. The summed E-state index contributed by atoms with van der Waals surface area (Å²) in [6, 6.07) is 0. The first-order valence-electron chi connectivity index (χ1n) is 6.73.